The standard InChI is InChI=1S/C35H37N3O/c39-35-27(15-16-33-31-11-6-18-36-17-5-9-28(34(31)36)23-38(33)35)20-29-22-37(32-12-4-3-10-30(29)32)21-24-13-14-25-7-1-2-8-26(25)19-24/h1-4,7-8,10,12-14,19-20,22,28,31,33-34H,5-6,9,11,15-18,21,23H2/b27-20+/t28-,31+,33+,34-/m0/s1. The molecule has 0 unspecified atom stereocenters. The van der Waals surface area contributed by atoms with Crippen LogP contribution in [0.15, 0.2) is 78.5 Å². The van der Waals surface area contributed by atoms with E-state index in [1.54, 1.807) is 0 Å². The van der Waals surface area contributed by atoms with E-state index in [0.29, 0.717) is 23.8 Å². The lowest BCUT2D eigenvalue weighted by Crippen LogP contribution is -2.66. The maximum atomic E-state index is 14.0. The molecule has 4 fully saturated rings. The number of benzene rings is 3. The molecule has 0 saturated carbocycles. The van der Waals surface area contributed by atoms with Gasteiger partial charge in [-0.3, -0.25) is 9.69 Å². The van der Waals surface area contributed by atoms with Crippen LogP contribution in [0.3, 0.4) is 0 Å². The van der Waals surface area contributed by atoms with Crippen LogP contribution in [0.2, 0.25) is 0 Å². The number of fused-ring (bicyclic) bond motifs is 4. The zero-order chi connectivity index (χ0) is 25.9. The number of rotatable bonds is 3. The molecule has 1 aromatic heterocycles. The van der Waals surface area contributed by atoms with E-state index in [1.807, 2.05) is 0 Å². The monoisotopic (exact) mass is 515 g/mol. The second-order valence-electron chi connectivity index (χ2n) is 12.4. The van der Waals surface area contributed by atoms with E-state index in [4.69, 9.17) is 0 Å². The third-order valence-electron chi connectivity index (χ3n) is 10.2. The first-order valence-electron chi connectivity index (χ1n) is 15.0. The van der Waals surface area contributed by atoms with Crippen molar-refractivity contribution < 1.29 is 4.79 Å². The van der Waals surface area contributed by atoms with Gasteiger partial charge in [0.05, 0.1) is 0 Å². The Kier molecular flexibility index (Phi) is 5.65. The van der Waals surface area contributed by atoms with Crippen LogP contribution in [-0.4, -0.2) is 52.0 Å². The minimum Gasteiger partial charge on any atom is -0.342 e. The quantitative estimate of drug-likeness (QED) is 0.283. The van der Waals surface area contributed by atoms with Crippen LogP contribution in [0.1, 0.15) is 49.7 Å². The Balaban J connectivity index is 1.11. The number of carbonyl (C=O) groups is 1. The van der Waals surface area contributed by atoms with Crippen LogP contribution >= 0.6 is 0 Å². The highest BCUT2D eigenvalue weighted by molar-refractivity contribution is 6.01. The molecule has 198 valence electrons. The summed E-state index contributed by atoms with van der Waals surface area (Å²) in [5.74, 6) is 1.64. The first kappa shape index (κ1) is 23.5. The van der Waals surface area contributed by atoms with Gasteiger partial charge in [-0.1, -0.05) is 54.6 Å². The fourth-order valence-electron chi connectivity index (χ4n) is 8.57. The molecule has 0 radical (unpaired) electrons. The SMILES string of the molecule is O=C1/C(=C/c2cn(Cc3ccc4ccccc4c3)c3ccccc23)CC[C@@H]2[C@H]3CCCN4CCC[C@@H](CN12)[C@@H]34. The smallest absolute Gasteiger partial charge is 0.250 e. The van der Waals surface area contributed by atoms with Crippen LogP contribution < -0.4 is 0 Å². The van der Waals surface area contributed by atoms with E-state index in [2.05, 4.69) is 93.4 Å². The summed E-state index contributed by atoms with van der Waals surface area (Å²) in [6.45, 7) is 4.32. The molecule has 4 aromatic rings. The lowest BCUT2D eigenvalue weighted by molar-refractivity contribution is -0.145. The molecule has 0 N–H and O–H groups in total. The minimum atomic E-state index is 0.304. The molecule has 0 bridgehead atoms. The highest BCUT2D eigenvalue weighted by atomic mass is 16.2. The van der Waals surface area contributed by atoms with Gasteiger partial charge in [0.25, 0.3) is 0 Å². The third kappa shape index (κ3) is 3.95. The number of aromatic nitrogens is 1. The van der Waals surface area contributed by atoms with E-state index < -0.39 is 0 Å². The summed E-state index contributed by atoms with van der Waals surface area (Å²) in [6.07, 6.45) is 11.7. The summed E-state index contributed by atoms with van der Waals surface area (Å²) in [4.78, 5) is 19.1. The zero-order valence-corrected chi connectivity index (χ0v) is 22.6. The molecule has 8 rings (SSSR count). The highest BCUT2D eigenvalue weighted by Crippen LogP contribution is 2.45. The van der Waals surface area contributed by atoms with Gasteiger partial charge in [0.1, 0.15) is 0 Å². The van der Waals surface area contributed by atoms with E-state index in [0.717, 1.165) is 37.5 Å². The molecule has 4 nitrogen and oxygen atoms in total. The largest absolute Gasteiger partial charge is 0.342 e. The average molecular weight is 516 g/mol. The molecule has 4 saturated heterocycles. The Hall–Kier alpha value is -3.37. The molecule has 4 aliphatic heterocycles. The number of para-hydroxylation sites is 1. The van der Waals surface area contributed by atoms with Crippen molar-refractivity contribution in [2.45, 2.75) is 57.2 Å². The number of carbonyl (C=O) groups excluding carboxylic acids is 1. The van der Waals surface area contributed by atoms with Crippen molar-refractivity contribution >= 4 is 33.7 Å². The second-order valence-corrected chi connectivity index (χ2v) is 12.4. The Labute approximate surface area is 230 Å². The maximum Gasteiger partial charge on any atom is 0.250 e. The predicted molar refractivity (Wildman–Crippen MR) is 159 cm³/mol. The normalized spacial score (nSPS) is 28.2. The summed E-state index contributed by atoms with van der Waals surface area (Å²) in [5, 5.41) is 3.78. The molecule has 0 spiro atoms. The molecule has 39 heavy (non-hydrogen) atoms. The van der Waals surface area contributed by atoms with Crippen LogP contribution in [-0.2, 0) is 11.3 Å². The van der Waals surface area contributed by atoms with Gasteiger partial charge in [-0.05, 0) is 98.0 Å². The molecular formula is C35H37N3O. The summed E-state index contributed by atoms with van der Waals surface area (Å²) < 4.78 is 2.35. The third-order valence-corrected chi connectivity index (χ3v) is 10.2. The Morgan fingerprint density at radius 3 is 2.62 bits per heavy atom. The first-order valence-corrected chi connectivity index (χ1v) is 15.0. The predicted octanol–water partition coefficient (Wildman–Crippen LogP) is 6.72. The molecule has 4 atom stereocenters. The Morgan fingerprint density at radius 2 is 1.69 bits per heavy atom. The highest BCUT2D eigenvalue weighted by Gasteiger charge is 2.51. The van der Waals surface area contributed by atoms with Crippen LogP contribution in [0.4, 0.5) is 0 Å². The summed E-state index contributed by atoms with van der Waals surface area (Å²) in [5.41, 5.74) is 4.69. The van der Waals surface area contributed by atoms with E-state index in [9.17, 15) is 4.79 Å². The lowest BCUT2D eigenvalue weighted by Gasteiger charge is -2.58. The number of amides is 1. The van der Waals surface area contributed by atoms with E-state index in [1.165, 1.54) is 71.6 Å². The molecule has 4 heteroatoms. The van der Waals surface area contributed by atoms with Gasteiger partial charge in [-0.25, -0.2) is 0 Å². The lowest BCUT2D eigenvalue weighted by atomic mass is 9.67. The molecule has 1 amide bonds. The van der Waals surface area contributed by atoms with Crippen LogP contribution in [0, 0.1) is 11.8 Å². The van der Waals surface area contributed by atoms with Crippen molar-refractivity contribution in [1.82, 2.24) is 14.4 Å². The first-order chi connectivity index (χ1) is 19.2. The van der Waals surface area contributed by atoms with Gasteiger partial charge >= 0.3 is 0 Å². The van der Waals surface area contributed by atoms with Crippen molar-refractivity contribution in [1.29, 1.82) is 0 Å². The fraction of sp³-hybridized carbons (Fsp3) is 0.400. The molecular weight excluding hydrogens is 478 g/mol. The van der Waals surface area contributed by atoms with Gasteiger partial charge in [0.2, 0.25) is 5.91 Å². The maximum absolute atomic E-state index is 14.0. The molecule has 0 aliphatic carbocycles. The molecule has 4 aliphatic rings. The Morgan fingerprint density at radius 1 is 0.872 bits per heavy atom. The fourth-order valence-corrected chi connectivity index (χ4v) is 8.57. The van der Waals surface area contributed by atoms with Crippen molar-refractivity contribution in [2.24, 2.45) is 11.8 Å². The number of hydrogen-bond acceptors (Lipinski definition) is 2. The van der Waals surface area contributed by atoms with E-state index >= 15 is 0 Å². The second kappa shape index (κ2) is 9.38. The van der Waals surface area contributed by atoms with E-state index in [-0.39, 0.29) is 0 Å². The van der Waals surface area contributed by atoms with Gasteiger partial charge < -0.3 is 9.47 Å². The summed E-state index contributed by atoms with van der Waals surface area (Å²) >= 11 is 0. The number of nitrogens with zero attached hydrogens (tertiary/aromatic N) is 3. The summed E-state index contributed by atoms with van der Waals surface area (Å²) in [7, 11) is 0. The zero-order valence-electron chi connectivity index (χ0n) is 22.6. The van der Waals surface area contributed by atoms with Gasteiger partial charge in [0, 0.05) is 53.4 Å². The molecule has 3 aromatic carbocycles. The summed E-state index contributed by atoms with van der Waals surface area (Å²) in [6, 6.07) is 25.1. The topological polar surface area (TPSA) is 28.5 Å². The van der Waals surface area contributed by atoms with Crippen molar-refractivity contribution in [3.05, 3.63) is 89.6 Å². The van der Waals surface area contributed by atoms with Gasteiger partial charge in [-0.15, -0.1) is 0 Å². The van der Waals surface area contributed by atoms with Gasteiger partial charge in [0.15, 0.2) is 0 Å². The van der Waals surface area contributed by atoms with Crippen molar-refractivity contribution in [2.75, 3.05) is 19.6 Å². The van der Waals surface area contributed by atoms with Crippen molar-refractivity contribution in [3.8, 4) is 0 Å². The number of piperidine rings is 4. The van der Waals surface area contributed by atoms with Crippen molar-refractivity contribution in [3.63, 3.8) is 0 Å². The molecule has 5 heterocycles. The van der Waals surface area contributed by atoms with Crippen LogP contribution in [0.5, 0.6) is 0 Å². The number of hydrogen-bond donors (Lipinski definition) is 0. The Bertz CT molecular complexity index is 1600. The van der Waals surface area contributed by atoms with Crippen LogP contribution in [0.25, 0.3) is 27.8 Å². The minimum absolute atomic E-state index is 0.304. The average Bonchev–Trinajstić information content (AvgIpc) is 3.32. The van der Waals surface area contributed by atoms with Gasteiger partial charge in [-0.2, -0.15) is 0 Å².